The summed E-state index contributed by atoms with van der Waals surface area (Å²) < 4.78 is 27.4. The molecule has 0 aliphatic heterocycles. The summed E-state index contributed by atoms with van der Waals surface area (Å²) in [7, 11) is 6.90. The first kappa shape index (κ1) is 38.4. The fraction of sp³-hybridized carbons (Fsp3) is 0.630. The van der Waals surface area contributed by atoms with Crippen molar-refractivity contribution in [3.8, 4) is 0 Å². The van der Waals surface area contributed by atoms with Gasteiger partial charge in [0.2, 0.25) is 0 Å². The monoisotopic (exact) mass is 574 g/mol. The molecule has 0 amide bonds. The number of carbonyl (C=O) groups is 6. The zero-order valence-corrected chi connectivity index (χ0v) is 24.7. The van der Waals surface area contributed by atoms with Crippen LogP contribution in [-0.4, -0.2) is 89.2 Å². The minimum absolute atomic E-state index is 0.000324. The van der Waals surface area contributed by atoms with Gasteiger partial charge in [0.1, 0.15) is 0 Å². The molecule has 0 bridgehead atoms. The van der Waals surface area contributed by atoms with Gasteiger partial charge in [-0.1, -0.05) is 26.7 Å². The first-order chi connectivity index (χ1) is 18.8. The van der Waals surface area contributed by atoms with E-state index in [9.17, 15) is 33.9 Å². The van der Waals surface area contributed by atoms with E-state index in [4.69, 9.17) is 4.74 Å². The topological polar surface area (TPSA) is 178 Å². The van der Waals surface area contributed by atoms with E-state index in [0.29, 0.717) is 25.7 Å². The highest BCUT2D eigenvalue weighted by atomic mass is 16.6. The van der Waals surface area contributed by atoms with Crippen molar-refractivity contribution in [2.45, 2.75) is 64.9 Å². The number of esters is 6. The summed E-state index contributed by atoms with van der Waals surface area (Å²) in [6.07, 6.45) is 3.65. The Labute approximate surface area is 234 Å². The van der Waals surface area contributed by atoms with Gasteiger partial charge in [-0.3, -0.25) is 4.79 Å². The van der Waals surface area contributed by atoms with Gasteiger partial charge < -0.3 is 33.5 Å². The van der Waals surface area contributed by atoms with Crippen LogP contribution in [0.2, 0.25) is 0 Å². The first-order valence-electron chi connectivity index (χ1n) is 12.5. The van der Waals surface area contributed by atoms with Gasteiger partial charge in [0, 0.05) is 11.6 Å². The summed E-state index contributed by atoms with van der Waals surface area (Å²) in [5, 5.41) is 10.5. The molecule has 13 heteroatoms. The molecule has 0 aliphatic carbocycles. The fourth-order valence-electron chi connectivity index (χ4n) is 3.37. The molecule has 228 valence electrons. The minimum atomic E-state index is -2.24. The van der Waals surface area contributed by atoms with E-state index in [2.05, 4.69) is 23.7 Å². The normalized spacial score (nSPS) is 13.6. The molecule has 0 aromatic rings. The molecule has 2 atom stereocenters. The van der Waals surface area contributed by atoms with Crippen molar-refractivity contribution in [3.05, 3.63) is 22.8 Å². The maximum atomic E-state index is 11.9. The van der Waals surface area contributed by atoms with Crippen LogP contribution in [0.1, 0.15) is 59.3 Å². The highest BCUT2D eigenvalue weighted by Gasteiger charge is 2.45. The second kappa shape index (κ2) is 20.2. The van der Waals surface area contributed by atoms with Crippen molar-refractivity contribution in [2.24, 2.45) is 5.92 Å². The van der Waals surface area contributed by atoms with Crippen LogP contribution in [0.4, 0.5) is 0 Å². The number of methoxy groups -OCH3 is 6. The Bertz CT molecular complexity index is 948. The van der Waals surface area contributed by atoms with E-state index in [-0.39, 0.29) is 17.6 Å². The van der Waals surface area contributed by atoms with Crippen LogP contribution in [-0.2, 0) is 57.2 Å². The number of hydrogen-bond acceptors (Lipinski definition) is 13. The molecule has 0 aromatic carbocycles. The molecule has 0 saturated carbocycles. The third kappa shape index (κ3) is 11.6. The second-order valence-electron chi connectivity index (χ2n) is 8.25. The lowest BCUT2D eigenvalue weighted by Gasteiger charge is -2.26. The Hall–Kier alpha value is -3.74. The van der Waals surface area contributed by atoms with Crippen LogP contribution in [0.3, 0.4) is 0 Å². The van der Waals surface area contributed by atoms with E-state index in [1.165, 1.54) is 28.3 Å². The van der Waals surface area contributed by atoms with E-state index < -0.39 is 52.9 Å². The average Bonchev–Trinajstić information content (AvgIpc) is 2.98. The van der Waals surface area contributed by atoms with Crippen LogP contribution >= 0.6 is 0 Å². The summed E-state index contributed by atoms with van der Waals surface area (Å²) in [5.41, 5.74) is -2.59. The molecular formula is C27H42O13. The highest BCUT2D eigenvalue weighted by Crippen LogP contribution is 2.27. The van der Waals surface area contributed by atoms with Crippen molar-refractivity contribution < 1.29 is 62.3 Å². The Morgan fingerprint density at radius 3 is 1.65 bits per heavy atom. The molecule has 0 aromatic heterocycles. The largest absolute Gasteiger partial charge is 0.469 e. The fourth-order valence-corrected chi connectivity index (χ4v) is 3.37. The number of rotatable bonds is 14. The standard InChI is InChI=1S/C14H22O6.C13H20O7/c1-6-7-8-10(13(16)19-4)11(14(17)20-5)9(2)12(15)18-3;1-5-6-7-13(17,12(16)20-4)9(11(15)19-3)8-10(14)18-2/h9H,6-8H2,1-5H3;8,17H,5-7H2,1-4H3/b11-10+;9-8+/t9-;13-/m11/s1. The van der Waals surface area contributed by atoms with Crippen LogP contribution in [0.25, 0.3) is 0 Å². The summed E-state index contributed by atoms with van der Waals surface area (Å²) in [6.45, 7) is 5.29. The maximum Gasteiger partial charge on any atom is 0.342 e. The lowest BCUT2D eigenvalue weighted by Crippen LogP contribution is -2.45. The first-order valence-corrected chi connectivity index (χ1v) is 12.5. The van der Waals surface area contributed by atoms with E-state index in [1.54, 1.807) is 0 Å². The Balaban J connectivity index is 0. The quantitative estimate of drug-likeness (QED) is 0.181. The minimum Gasteiger partial charge on any atom is -0.469 e. The second-order valence-corrected chi connectivity index (χ2v) is 8.25. The molecule has 13 nitrogen and oxygen atoms in total. The number of unbranched alkanes of at least 4 members (excludes halogenated alkanes) is 2. The summed E-state index contributed by atoms with van der Waals surface area (Å²) in [4.78, 5) is 70.2. The van der Waals surface area contributed by atoms with Gasteiger partial charge in [-0.2, -0.15) is 0 Å². The lowest BCUT2D eigenvalue weighted by molar-refractivity contribution is -0.162. The summed E-state index contributed by atoms with van der Waals surface area (Å²) in [5.74, 6) is -5.77. The van der Waals surface area contributed by atoms with Crippen LogP contribution < -0.4 is 0 Å². The highest BCUT2D eigenvalue weighted by molar-refractivity contribution is 6.05. The predicted molar refractivity (Wildman–Crippen MR) is 140 cm³/mol. The van der Waals surface area contributed by atoms with Gasteiger partial charge in [-0.15, -0.1) is 0 Å². The third-order valence-corrected chi connectivity index (χ3v) is 5.66. The molecule has 0 heterocycles. The van der Waals surface area contributed by atoms with E-state index in [0.717, 1.165) is 33.8 Å². The number of ether oxygens (including phenoxy) is 6. The van der Waals surface area contributed by atoms with Crippen molar-refractivity contribution in [3.63, 3.8) is 0 Å². The number of carbonyl (C=O) groups excluding carboxylic acids is 6. The molecular weight excluding hydrogens is 532 g/mol. The molecule has 0 rings (SSSR count). The van der Waals surface area contributed by atoms with Gasteiger partial charge in [0.25, 0.3) is 0 Å². The predicted octanol–water partition coefficient (Wildman–Crippen LogP) is 1.98. The molecule has 0 spiro atoms. The summed E-state index contributed by atoms with van der Waals surface area (Å²) >= 11 is 0. The van der Waals surface area contributed by atoms with Gasteiger partial charge in [0.05, 0.1) is 59.7 Å². The van der Waals surface area contributed by atoms with Gasteiger partial charge in [-0.05, 0) is 32.6 Å². The Morgan fingerprint density at radius 1 is 0.725 bits per heavy atom. The van der Waals surface area contributed by atoms with Crippen molar-refractivity contribution in [1.29, 1.82) is 0 Å². The Morgan fingerprint density at radius 2 is 1.25 bits per heavy atom. The molecule has 0 saturated heterocycles. The SMILES string of the molecule is CCCC/C(C(=O)OC)=C(\C(=O)OC)[C@@H](C)C(=O)OC.CCCC[C@](O)(C(=O)OC)/C(=C/C(=O)OC)C(=O)OC. The van der Waals surface area contributed by atoms with Crippen molar-refractivity contribution in [1.82, 2.24) is 0 Å². The van der Waals surface area contributed by atoms with Crippen LogP contribution in [0, 0.1) is 5.92 Å². The smallest absolute Gasteiger partial charge is 0.342 e. The molecule has 1 N–H and O–H groups in total. The molecule has 40 heavy (non-hydrogen) atoms. The molecule has 0 aliphatic rings. The van der Waals surface area contributed by atoms with Crippen LogP contribution in [0.5, 0.6) is 0 Å². The zero-order chi connectivity index (χ0) is 31.5. The maximum absolute atomic E-state index is 11.9. The molecule has 0 unspecified atom stereocenters. The van der Waals surface area contributed by atoms with Crippen LogP contribution in [0.15, 0.2) is 22.8 Å². The molecule has 0 radical (unpaired) electrons. The number of hydrogen-bond donors (Lipinski definition) is 1. The van der Waals surface area contributed by atoms with E-state index in [1.807, 2.05) is 13.8 Å². The van der Waals surface area contributed by atoms with Crippen molar-refractivity contribution in [2.75, 3.05) is 42.7 Å². The van der Waals surface area contributed by atoms with Gasteiger partial charge in [-0.25, -0.2) is 24.0 Å². The van der Waals surface area contributed by atoms with Gasteiger partial charge >= 0.3 is 35.8 Å². The molecule has 0 fully saturated rings. The summed E-state index contributed by atoms with van der Waals surface area (Å²) in [6, 6.07) is 0. The van der Waals surface area contributed by atoms with E-state index >= 15 is 0 Å². The average molecular weight is 575 g/mol. The Kier molecular flexibility index (Phi) is 19.4. The third-order valence-electron chi connectivity index (χ3n) is 5.66. The van der Waals surface area contributed by atoms with Gasteiger partial charge in [0.15, 0.2) is 5.60 Å². The zero-order valence-electron chi connectivity index (χ0n) is 24.7. The van der Waals surface area contributed by atoms with Crippen molar-refractivity contribution >= 4 is 35.8 Å². The number of aliphatic hydroxyl groups is 1. The lowest BCUT2D eigenvalue weighted by atomic mass is 9.87.